The molecule has 114 valence electrons. The zero-order valence-corrected chi connectivity index (χ0v) is 12.4. The summed E-state index contributed by atoms with van der Waals surface area (Å²) in [5.41, 5.74) is 6.32. The van der Waals surface area contributed by atoms with Crippen molar-refractivity contribution in [1.29, 1.82) is 0 Å². The number of anilines is 1. The molecule has 0 aliphatic heterocycles. The molecule has 21 heavy (non-hydrogen) atoms. The summed E-state index contributed by atoms with van der Waals surface area (Å²) in [6.07, 6.45) is 1.78. The van der Waals surface area contributed by atoms with Crippen LogP contribution in [0.25, 0.3) is 0 Å². The normalized spacial score (nSPS) is 11.7. The molecule has 1 aromatic carbocycles. The molecule has 2 aromatic rings. The second kappa shape index (κ2) is 6.23. The van der Waals surface area contributed by atoms with Crippen LogP contribution in [-0.4, -0.2) is 24.7 Å². The Morgan fingerprint density at radius 3 is 2.81 bits per heavy atom. The molecule has 0 radical (unpaired) electrons. The first-order valence-corrected chi connectivity index (χ1v) is 7.97. The number of sulfonamides is 1. The van der Waals surface area contributed by atoms with E-state index in [0.29, 0.717) is 13.0 Å². The Morgan fingerprint density at radius 1 is 1.43 bits per heavy atom. The summed E-state index contributed by atoms with van der Waals surface area (Å²) in [6.45, 7) is 2.52. The lowest BCUT2D eigenvalue weighted by molar-refractivity contribution is 0.581. The lowest BCUT2D eigenvalue weighted by Gasteiger charge is -2.05. The predicted molar refractivity (Wildman–Crippen MR) is 77.6 cm³/mol. The Kier molecular flexibility index (Phi) is 4.59. The van der Waals surface area contributed by atoms with Crippen LogP contribution in [0, 0.1) is 5.82 Å². The third kappa shape index (κ3) is 3.79. The minimum absolute atomic E-state index is 0.0323. The van der Waals surface area contributed by atoms with Crippen LogP contribution in [0.4, 0.5) is 10.2 Å². The van der Waals surface area contributed by atoms with Crippen LogP contribution in [-0.2, 0) is 23.0 Å². The van der Waals surface area contributed by atoms with Gasteiger partial charge in [-0.15, -0.1) is 0 Å². The molecule has 1 heterocycles. The van der Waals surface area contributed by atoms with E-state index >= 15 is 0 Å². The van der Waals surface area contributed by atoms with E-state index in [1.807, 2.05) is 6.92 Å². The summed E-state index contributed by atoms with van der Waals surface area (Å²) in [5.74, 6) is -0.376. The monoisotopic (exact) mass is 312 g/mol. The van der Waals surface area contributed by atoms with Gasteiger partial charge in [0.15, 0.2) is 5.82 Å². The molecule has 6 nitrogen and oxygen atoms in total. The minimum Gasteiger partial charge on any atom is -0.381 e. The first-order valence-electron chi connectivity index (χ1n) is 6.49. The molecule has 0 saturated heterocycles. The van der Waals surface area contributed by atoms with Crippen molar-refractivity contribution < 1.29 is 12.8 Å². The summed E-state index contributed by atoms with van der Waals surface area (Å²) < 4.78 is 41.2. The number of aromatic nitrogens is 2. The average molecular weight is 312 g/mol. The van der Waals surface area contributed by atoms with Gasteiger partial charge < -0.3 is 5.73 Å². The molecule has 0 saturated carbocycles. The lowest BCUT2D eigenvalue weighted by atomic mass is 10.1. The van der Waals surface area contributed by atoms with Gasteiger partial charge in [0.05, 0.1) is 0 Å². The van der Waals surface area contributed by atoms with Crippen LogP contribution in [0.5, 0.6) is 0 Å². The van der Waals surface area contributed by atoms with Gasteiger partial charge in [-0.3, -0.25) is 4.68 Å². The highest BCUT2D eigenvalue weighted by Crippen LogP contribution is 2.15. The number of nitrogens with zero attached hydrogens (tertiary/aromatic N) is 2. The number of nitrogens with two attached hydrogens (primary N) is 1. The van der Waals surface area contributed by atoms with Crippen LogP contribution in [0.2, 0.25) is 0 Å². The van der Waals surface area contributed by atoms with E-state index in [0.717, 1.165) is 5.56 Å². The molecular weight excluding hydrogens is 295 g/mol. The topological polar surface area (TPSA) is 90.0 Å². The van der Waals surface area contributed by atoms with Gasteiger partial charge in [-0.1, -0.05) is 12.1 Å². The summed E-state index contributed by atoms with van der Waals surface area (Å²) in [5, 5.41) is 3.90. The summed E-state index contributed by atoms with van der Waals surface area (Å²) >= 11 is 0. The number of nitrogens with one attached hydrogen (secondary N) is 1. The fraction of sp³-hybridized carbons (Fsp3) is 0.308. The Hall–Kier alpha value is -1.93. The number of rotatable bonds is 6. The van der Waals surface area contributed by atoms with Crippen LogP contribution >= 0.6 is 0 Å². The summed E-state index contributed by atoms with van der Waals surface area (Å²) in [7, 11) is -3.71. The van der Waals surface area contributed by atoms with Crippen molar-refractivity contribution >= 4 is 15.8 Å². The van der Waals surface area contributed by atoms with Crippen LogP contribution in [0.15, 0.2) is 35.4 Å². The van der Waals surface area contributed by atoms with Crippen molar-refractivity contribution in [2.75, 3.05) is 12.3 Å². The Morgan fingerprint density at radius 2 is 2.19 bits per heavy atom. The number of halogens is 1. The average Bonchev–Trinajstić information content (AvgIpc) is 2.81. The standard InChI is InChI=1S/C13H17FN4O2S/c1-2-18-9-12(13(15)17-18)21(19,20)16-7-6-10-4-3-5-11(14)8-10/h3-5,8-9,16H,2,6-7H2,1H3,(H2,15,17). The summed E-state index contributed by atoms with van der Waals surface area (Å²) in [4.78, 5) is -0.0383. The van der Waals surface area contributed by atoms with Crippen LogP contribution in [0.3, 0.4) is 0 Å². The zero-order valence-electron chi connectivity index (χ0n) is 11.6. The molecule has 0 bridgehead atoms. The van der Waals surface area contributed by atoms with E-state index < -0.39 is 10.0 Å². The number of benzene rings is 1. The number of aryl methyl sites for hydroxylation is 1. The third-order valence-corrected chi connectivity index (χ3v) is 4.44. The molecule has 0 aliphatic carbocycles. The first kappa shape index (κ1) is 15.5. The van der Waals surface area contributed by atoms with E-state index in [1.165, 1.54) is 23.0 Å². The zero-order chi connectivity index (χ0) is 15.5. The molecule has 1 aromatic heterocycles. The van der Waals surface area contributed by atoms with Gasteiger partial charge >= 0.3 is 0 Å². The van der Waals surface area contributed by atoms with E-state index in [4.69, 9.17) is 5.73 Å². The van der Waals surface area contributed by atoms with Gasteiger partial charge in [0, 0.05) is 19.3 Å². The second-order valence-electron chi connectivity index (χ2n) is 4.51. The van der Waals surface area contributed by atoms with Crippen LogP contribution in [0.1, 0.15) is 12.5 Å². The molecule has 3 N–H and O–H groups in total. The van der Waals surface area contributed by atoms with E-state index in [2.05, 4.69) is 9.82 Å². The molecule has 0 atom stereocenters. The number of hydrogen-bond donors (Lipinski definition) is 2. The van der Waals surface area contributed by atoms with Crippen LogP contribution < -0.4 is 10.5 Å². The van der Waals surface area contributed by atoms with Gasteiger partial charge in [-0.2, -0.15) is 5.10 Å². The Bertz CT molecular complexity index is 728. The quantitative estimate of drug-likeness (QED) is 0.837. The molecule has 2 rings (SSSR count). The van der Waals surface area contributed by atoms with Gasteiger partial charge in [0.2, 0.25) is 10.0 Å². The maximum atomic E-state index is 13.0. The summed E-state index contributed by atoms with van der Waals surface area (Å²) in [6, 6.07) is 6.04. The molecular formula is C13H17FN4O2S. The fourth-order valence-corrected chi connectivity index (χ4v) is 2.99. The van der Waals surface area contributed by atoms with Crippen molar-refractivity contribution in [3.8, 4) is 0 Å². The maximum Gasteiger partial charge on any atom is 0.245 e. The minimum atomic E-state index is -3.71. The largest absolute Gasteiger partial charge is 0.381 e. The molecule has 8 heteroatoms. The van der Waals surface area contributed by atoms with Gasteiger partial charge in [-0.25, -0.2) is 17.5 Å². The van der Waals surface area contributed by atoms with Crippen molar-refractivity contribution in [1.82, 2.24) is 14.5 Å². The van der Waals surface area contributed by atoms with E-state index in [9.17, 15) is 12.8 Å². The molecule has 0 unspecified atom stereocenters. The van der Waals surface area contributed by atoms with Gasteiger partial charge in [0.25, 0.3) is 0 Å². The first-order chi connectivity index (χ1) is 9.92. The number of hydrogen-bond acceptors (Lipinski definition) is 4. The molecule has 0 aliphatic rings. The van der Waals surface area contributed by atoms with E-state index in [1.54, 1.807) is 12.1 Å². The molecule has 0 spiro atoms. The maximum absolute atomic E-state index is 13.0. The van der Waals surface area contributed by atoms with Gasteiger partial charge in [0.1, 0.15) is 10.7 Å². The highest BCUT2D eigenvalue weighted by atomic mass is 32.2. The lowest BCUT2D eigenvalue weighted by Crippen LogP contribution is -2.26. The molecule has 0 amide bonds. The SMILES string of the molecule is CCn1cc(S(=O)(=O)NCCc2cccc(F)c2)c(N)n1. The van der Waals surface area contributed by atoms with E-state index in [-0.39, 0.29) is 23.1 Å². The fourth-order valence-electron chi connectivity index (χ4n) is 1.89. The highest BCUT2D eigenvalue weighted by Gasteiger charge is 2.20. The molecule has 0 fully saturated rings. The Balaban J connectivity index is 2.03. The number of nitrogen functional groups attached to an aromatic ring is 1. The second-order valence-corrected chi connectivity index (χ2v) is 6.25. The van der Waals surface area contributed by atoms with Crippen molar-refractivity contribution in [2.24, 2.45) is 0 Å². The Labute approximate surface area is 122 Å². The smallest absolute Gasteiger partial charge is 0.245 e. The predicted octanol–water partition coefficient (Wildman–Crippen LogP) is 1.15. The van der Waals surface area contributed by atoms with Crippen molar-refractivity contribution in [3.63, 3.8) is 0 Å². The van der Waals surface area contributed by atoms with Gasteiger partial charge in [-0.05, 0) is 31.0 Å². The van der Waals surface area contributed by atoms with Crippen molar-refractivity contribution in [3.05, 3.63) is 41.8 Å². The van der Waals surface area contributed by atoms with Crippen molar-refractivity contribution in [2.45, 2.75) is 24.8 Å². The third-order valence-electron chi connectivity index (χ3n) is 2.96. The highest BCUT2D eigenvalue weighted by molar-refractivity contribution is 7.89.